The highest BCUT2D eigenvalue weighted by Gasteiger charge is 2.20. The second kappa shape index (κ2) is 8.14. The number of nitrogens with one attached hydrogen (secondary N) is 1. The number of carbonyl (C=O) groups is 1. The number of nitrogens with zero attached hydrogens (tertiary/aromatic N) is 2. The first-order valence-electron chi connectivity index (χ1n) is 9.01. The molecule has 4 heteroatoms. The van der Waals surface area contributed by atoms with Crippen LogP contribution in [0.1, 0.15) is 56.9 Å². The summed E-state index contributed by atoms with van der Waals surface area (Å²) in [5, 5.41) is 4.12. The van der Waals surface area contributed by atoms with Crippen molar-refractivity contribution in [1.82, 2.24) is 5.43 Å². The molecule has 2 aliphatic rings. The van der Waals surface area contributed by atoms with Crippen LogP contribution in [0.3, 0.4) is 0 Å². The zero-order valence-electron chi connectivity index (χ0n) is 13.8. The maximum Gasteiger partial charge on any atom is 0.243 e. The Kier molecular flexibility index (Phi) is 5.67. The summed E-state index contributed by atoms with van der Waals surface area (Å²) in [6, 6.07) is 8.44. The Labute approximate surface area is 139 Å². The van der Waals surface area contributed by atoms with Crippen molar-refractivity contribution in [3.63, 3.8) is 0 Å². The van der Waals surface area contributed by atoms with Gasteiger partial charge < -0.3 is 4.90 Å². The first kappa shape index (κ1) is 16.0. The molecular weight excluding hydrogens is 286 g/mol. The maximum absolute atomic E-state index is 12.0. The van der Waals surface area contributed by atoms with Crippen molar-refractivity contribution in [1.29, 1.82) is 0 Å². The number of hydrogen-bond donors (Lipinski definition) is 1. The molecule has 0 bridgehead atoms. The summed E-state index contributed by atoms with van der Waals surface area (Å²) in [6.45, 7) is 2.32. The van der Waals surface area contributed by atoms with E-state index in [0.717, 1.165) is 31.5 Å². The number of amides is 1. The van der Waals surface area contributed by atoms with Gasteiger partial charge in [-0.3, -0.25) is 4.79 Å². The lowest BCUT2D eigenvalue weighted by molar-refractivity contribution is -0.125. The minimum absolute atomic E-state index is 0.0749. The summed E-state index contributed by atoms with van der Waals surface area (Å²) >= 11 is 0. The van der Waals surface area contributed by atoms with Crippen LogP contribution in [0, 0.1) is 5.92 Å². The van der Waals surface area contributed by atoms with Gasteiger partial charge in [-0.15, -0.1) is 0 Å². The molecule has 1 aliphatic heterocycles. The smallest absolute Gasteiger partial charge is 0.243 e. The summed E-state index contributed by atoms with van der Waals surface area (Å²) in [5.74, 6) is 0.230. The fraction of sp³-hybridized carbons (Fsp3) is 0.579. The van der Waals surface area contributed by atoms with E-state index < -0.39 is 0 Å². The van der Waals surface area contributed by atoms with Crippen LogP contribution < -0.4 is 10.3 Å². The van der Waals surface area contributed by atoms with Crippen molar-refractivity contribution >= 4 is 17.8 Å². The van der Waals surface area contributed by atoms with Crippen LogP contribution in [0.5, 0.6) is 0 Å². The van der Waals surface area contributed by atoms with Crippen molar-refractivity contribution < 1.29 is 4.79 Å². The van der Waals surface area contributed by atoms with Gasteiger partial charge in [-0.25, -0.2) is 5.43 Å². The highest BCUT2D eigenvalue weighted by atomic mass is 16.2. The average Bonchev–Trinajstić information content (AvgIpc) is 2.64. The second-order valence-corrected chi connectivity index (χ2v) is 6.71. The van der Waals surface area contributed by atoms with Crippen molar-refractivity contribution in [2.75, 3.05) is 18.0 Å². The predicted molar refractivity (Wildman–Crippen MR) is 94.8 cm³/mol. The summed E-state index contributed by atoms with van der Waals surface area (Å²) in [7, 11) is 0. The number of hydrogen-bond acceptors (Lipinski definition) is 3. The number of benzene rings is 1. The van der Waals surface area contributed by atoms with Gasteiger partial charge in [0.1, 0.15) is 0 Å². The lowest BCUT2D eigenvalue weighted by Gasteiger charge is -2.28. The zero-order valence-corrected chi connectivity index (χ0v) is 13.8. The van der Waals surface area contributed by atoms with E-state index >= 15 is 0 Å². The monoisotopic (exact) mass is 313 g/mol. The molecule has 3 rings (SSSR count). The third-order valence-corrected chi connectivity index (χ3v) is 4.98. The highest BCUT2D eigenvalue weighted by Crippen LogP contribution is 2.23. The number of anilines is 1. The normalized spacial score (nSPS) is 19.9. The van der Waals surface area contributed by atoms with Crippen molar-refractivity contribution in [3.05, 3.63) is 29.8 Å². The van der Waals surface area contributed by atoms with Gasteiger partial charge in [-0.1, -0.05) is 31.4 Å². The van der Waals surface area contributed by atoms with Gasteiger partial charge in [0, 0.05) is 24.7 Å². The molecule has 0 spiro atoms. The molecule has 4 nitrogen and oxygen atoms in total. The van der Waals surface area contributed by atoms with E-state index in [0.29, 0.717) is 0 Å². The third-order valence-electron chi connectivity index (χ3n) is 4.98. The Bertz CT molecular complexity index is 526. The van der Waals surface area contributed by atoms with Gasteiger partial charge >= 0.3 is 0 Å². The van der Waals surface area contributed by atoms with Crippen molar-refractivity contribution in [3.8, 4) is 0 Å². The van der Waals surface area contributed by atoms with Crippen LogP contribution in [-0.4, -0.2) is 25.2 Å². The average molecular weight is 313 g/mol. The third kappa shape index (κ3) is 4.57. The molecule has 124 valence electrons. The topological polar surface area (TPSA) is 44.7 Å². The van der Waals surface area contributed by atoms with Crippen molar-refractivity contribution in [2.45, 2.75) is 51.4 Å². The highest BCUT2D eigenvalue weighted by molar-refractivity contribution is 5.83. The first-order valence-corrected chi connectivity index (χ1v) is 9.01. The zero-order chi connectivity index (χ0) is 15.9. The van der Waals surface area contributed by atoms with E-state index in [1.165, 1.54) is 44.2 Å². The summed E-state index contributed by atoms with van der Waals surface area (Å²) in [4.78, 5) is 14.5. The number of piperidine rings is 1. The van der Waals surface area contributed by atoms with E-state index in [9.17, 15) is 4.79 Å². The maximum atomic E-state index is 12.0. The van der Waals surface area contributed by atoms with Gasteiger partial charge in [0.2, 0.25) is 5.91 Å². The molecule has 1 saturated carbocycles. The Morgan fingerprint density at radius 3 is 2.35 bits per heavy atom. The molecule has 1 aliphatic carbocycles. The Hall–Kier alpha value is -1.84. The lowest BCUT2D eigenvalue weighted by atomic mass is 9.89. The minimum Gasteiger partial charge on any atom is -0.372 e. The summed E-state index contributed by atoms with van der Waals surface area (Å²) < 4.78 is 0. The molecule has 0 radical (unpaired) electrons. The molecule has 0 unspecified atom stereocenters. The summed E-state index contributed by atoms with van der Waals surface area (Å²) in [5.41, 5.74) is 5.01. The van der Waals surface area contributed by atoms with E-state index in [-0.39, 0.29) is 11.8 Å². The van der Waals surface area contributed by atoms with E-state index in [1.54, 1.807) is 6.21 Å². The fourth-order valence-corrected chi connectivity index (χ4v) is 3.55. The predicted octanol–water partition coefficient (Wildman–Crippen LogP) is 3.71. The van der Waals surface area contributed by atoms with Crippen LogP contribution in [0.15, 0.2) is 29.4 Å². The second-order valence-electron chi connectivity index (χ2n) is 6.71. The van der Waals surface area contributed by atoms with Gasteiger partial charge in [-0.05, 0) is 49.8 Å². The summed E-state index contributed by atoms with van der Waals surface area (Å²) in [6.07, 6.45) is 11.3. The largest absolute Gasteiger partial charge is 0.372 e. The molecule has 1 N–H and O–H groups in total. The Morgan fingerprint density at radius 1 is 1.00 bits per heavy atom. The molecule has 1 heterocycles. The minimum atomic E-state index is 0.0749. The van der Waals surface area contributed by atoms with Crippen LogP contribution in [-0.2, 0) is 4.79 Å². The standard InChI is InChI=1S/C19H27N3O/c23-19(17-7-3-1-4-8-17)21-20-15-16-9-11-18(12-10-16)22-13-5-2-6-14-22/h9-12,15,17H,1-8,13-14H2,(H,21,23)/b20-15-. The Balaban J connectivity index is 1.50. The van der Waals surface area contributed by atoms with Crippen molar-refractivity contribution in [2.24, 2.45) is 11.0 Å². The SMILES string of the molecule is O=C(N/N=C\c1ccc(N2CCCCC2)cc1)C1CCCCC1. The molecule has 1 saturated heterocycles. The van der Waals surface area contributed by atoms with E-state index in [4.69, 9.17) is 0 Å². The number of rotatable bonds is 4. The molecule has 0 aromatic heterocycles. The van der Waals surface area contributed by atoms with Crippen LogP contribution in [0.4, 0.5) is 5.69 Å². The lowest BCUT2D eigenvalue weighted by Crippen LogP contribution is -2.29. The van der Waals surface area contributed by atoms with E-state index in [2.05, 4.69) is 39.7 Å². The number of carbonyl (C=O) groups excluding carboxylic acids is 1. The molecule has 1 aromatic carbocycles. The molecule has 23 heavy (non-hydrogen) atoms. The Morgan fingerprint density at radius 2 is 1.65 bits per heavy atom. The van der Waals surface area contributed by atoms with Crippen LogP contribution in [0.25, 0.3) is 0 Å². The number of hydrazone groups is 1. The molecular formula is C19H27N3O. The van der Waals surface area contributed by atoms with Gasteiger partial charge in [0.05, 0.1) is 6.21 Å². The molecule has 1 aromatic rings. The quantitative estimate of drug-likeness (QED) is 0.680. The molecule has 1 amide bonds. The van der Waals surface area contributed by atoms with Crippen LogP contribution >= 0.6 is 0 Å². The van der Waals surface area contributed by atoms with Gasteiger partial charge in [0.25, 0.3) is 0 Å². The fourth-order valence-electron chi connectivity index (χ4n) is 3.55. The first-order chi connectivity index (χ1) is 11.3. The van der Waals surface area contributed by atoms with Gasteiger partial charge in [-0.2, -0.15) is 5.10 Å². The van der Waals surface area contributed by atoms with Crippen LogP contribution in [0.2, 0.25) is 0 Å². The molecule has 0 atom stereocenters. The van der Waals surface area contributed by atoms with E-state index in [1.807, 2.05) is 0 Å². The molecule has 2 fully saturated rings. The van der Waals surface area contributed by atoms with Gasteiger partial charge in [0.15, 0.2) is 0 Å².